The van der Waals surface area contributed by atoms with Gasteiger partial charge < -0.3 is 9.47 Å². The monoisotopic (exact) mass is 749 g/mol. The molecule has 0 atom stereocenters. The molecule has 0 aliphatic rings. The first-order valence-electron chi connectivity index (χ1n) is 15.9. The smallest absolute Gasteiger partial charge is 0.262 e. The Morgan fingerprint density at radius 1 is 0.471 bits per heavy atom. The average molecular weight is 750 g/mol. The molecule has 0 heterocycles. The van der Waals surface area contributed by atoms with Crippen LogP contribution in [0.4, 0.5) is 11.4 Å². The highest BCUT2D eigenvalue weighted by Gasteiger charge is 2.25. The number of hydrogen-bond acceptors (Lipinski definition) is 8. The lowest BCUT2D eigenvalue weighted by molar-refractivity contribution is 0.238. The maximum atomic E-state index is 13.8. The van der Waals surface area contributed by atoms with Crippen molar-refractivity contribution in [3.05, 3.63) is 138 Å². The number of sulfonamides is 3. The zero-order valence-corrected chi connectivity index (χ0v) is 30.8. The fourth-order valence-electron chi connectivity index (χ4n) is 4.92. The van der Waals surface area contributed by atoms with Crippen LogP contribution in [0, 0.1) is 20.8 Å². The summed E-state index contributed by atoms with van der Waals surface area (Å²) in [6.07, 6.45) is 0. The van der Waals surface area contributed by atoms with Crippen LogP contribution in [-0.4, -0.2) is 55.9 Å². The topological polar surface area (TPSA) is 148 Å². The van der Waals surface area contributed by atoms with E-state index >= 15 is 0 Å². The molecule has 0 spiro atoms. The summed E-state index contributed by atoms with van der Waals surface area (Å²) in [4.78, 5) is 0.246. The van der Waals surface area contributed by atoms with Gasteiger partial charge in [0.25, 0.3) is 20.0 Å². The number of benzene rings is 5. The van der Waals surface area contributed by atoms with Gasteiger partial charge in [-0.25, -0.2) is 25.3 Å². The number of anilines is 2. The van der Waals surface area contributed by atoms with Crippen molar-refractivity contribution < 1.29 is 34.7 Å². The van der Waals surface area contributed by atoms with Crippen molar-refractivity contribution in [3.8, 4) is 11.5 Å². The van der Waals surface area contributed by atoms with Gasteiger partial charge in [-0.05, 0) is 81.4 Å². The van der Waals surface area contributed by atoms with Gasteiger partial charge in [0.1, 0.15) is 24.7 Å². The third kappa shape index (κ3) is 9.67. The summed E-state index contributed by atoms with van der Waals surface area (Å²) < 4.78 is 98.2. The Kier molecular flexibility index (Phi) is 11.7. The van der Waals surface area contributed by atoms with Crippen LogP contribution in [0.25, 0.3) is 0 Å². The first-order valence-corrected chi connectivity index (χ1v) is 20.3. The lowest BCUT2D eigenvalue weighted by atomic mass is 10.2. The molecule has 2 N–H and O–H groups in total. The molecule has 268 valence electrons. The molecule has 0 unspecified atom stereocenters. The maximum Gasteiger partial charge on any atom is 0.262 e. The van der Waals surface area contributed by atoms with Gasteiger partial charge in [-0.1, -0.05) is 77.4 Å². The summed E-state index contributed by atoms with van der Waals surface area (Å²) in [6, 6.07) is 32.2. The van der Waals surface area contributed by atoms with E-state index in [-0.39, 0.29) is 63.9 Å². The Balaban J connectivity index is 1.30. The van der Waals surface area contributed by atoms with Gasteiger partial charge in [-0.2, -0.15) is 4.31 Å². The number of nitrogens with one attached hydrogen (secondary N) is 2. The molecule has 0 amide bonds. The predicted molar refractivity (Wildman–Crippen MR) is 198 cm³/mol. The average Bonchev–Trinajstić information content (AvgIpc) is 3.09. The minimum absolute atomic E-state index is 0.0746. The van der Waals surface area contributed by atoms with E-state index < -0.39 is 30.1 Å². The van der Waals surface area contributed by atoms with Crippen LogP contribution in [0.1, 0.15) is 16.7 Å². The minimum Gasteiger partial charge on any atom is -0.490 e. The maximum absolute atomic E-state index is 13.8. The van der Waals surface area contributed by atoms with E-state index in [1.807, 2.05) is 20.8 Å². The summed E-state index contributed by atoms with van der Waals surface area (Å²) >= 11 is 0. The van der Waals surface area contributed by atoms with E-state index in [0.29, 0.717) is 0 Å². The van der Waals surface area contributed by atoms with Gasteiger partial charge in [0.2, 0.25) is 10.0 Å². The molecule has 11 nitrogen and oxygen atoms in total. The summed E-state index contributed by atoms with van der Waals surface area (Å²) in [5, 5.41) is 0. The second kappa shape index (κ2) is 16.0. The number of para-hydroxylation sites is 4. The molecule has 5 aromatic rings. The Morgan fingerprint density at radius 2 is 0.804 bits per heavy atom. The van der Waals surface area contributed by atoms with Crippen molar-refractivity contribution >= 4 is 41.4 Å². The highest BCUT2D eigenvalue weighted by Crippen LogP contribution is 2.29. The molecule has 0 bridgehead atoms. The summed E-state index contributed by atoms with van der Waals surface area (Å²) in [5.74, 6) is 0.429. The largest absolute Gasteiger partial charge is 0.490 e. The Hall–Kier alpha value is -4.89. The second-order valence-corrected chi connectivity index (χ2v) is 17.0. The fraction of sp³-hybridized carbons (Fsp3) is 0.189. The molecule has 5 rings (SSSR count). The zero-order valence-electron chi connectivity index (χ0n) is 28.3. The second-order valence-electron chi connectivity index (χ2n) is 11.7. The van der Waals surface area contributed by atoms with E-state index in [1.54, 1.807) is 84.9 Å². The molecule has 5 aromatic carbocycles. The number of aryl methyl sites for hydroxylation is 3. The van der Waals surface area contributed by atoms with Gasteiger partial charge in [-0.3, -0.25) is 9.44 Å². The Bertz CT molecular complexity index is 2150. The van der Waals surface area contributed by atoms with Crippen molar-refractivity contribution in [2.24, 2.45) is 0 Å². The molecule has 0 radical (unpaired) electrons. The highest BCUT2D eigenvalue weighted by atomic mass is 32.2. The highest BCUT2D eigenvalue weighted by molar-refractivity contribution is 7.93. The lowest BCUT2D eigenvalue weighted by Crippen LogP contribution is -2.37. The predicted octanol–water partition coefficient (Wildman–Crippen LogP) is 6.36. The molecule has 0 aliphatic carbocycles. The molecule has 14 heteroatoms. The van der Waals surface area contributed by atoms with Crippen molar-refractivity contribution in [2.75, 3.05) is 35.7 Å². The van der Waals surface area contributed by atoms with E-state index in [2.05, 4.69) is 9.44 Å². The molecule has 0 aromatic heterocycles. The molecule has 0 saturated carbocycles. The quantitative estimate of drug-likeness (QED) is 0.118. The Labute approximate surface area is 300 Å². The fourth-order valence-corrected chi connectivity index (χ4v) is 8.47. The first-order chi connectivity index (χ1) is 24.2. The Morgan fingerprint density at radius 3 is 1.18 bits per heavy atom. The van der Waals surface area contributed by atoms with Crippen LogP contribution >= 0.6 is 0 Å². The summed E-state index contributed by atoms with van der Waals surface area (Å²) in [5.41, 5.74) is 3.11. The van der Waals surface area contributed by atoms with Crippen LogP contribution in [0.2, 0.25) is 0 Å². The number of rotatable bonds is 16. The SMILES string of the molecule is Cc1ccc(S(=O)(=O)Nc2ccccc2OCCN(CCOc2ccccc2NS(=O)(=O)c2ccc(C)cc2)S(=O)(=O)c2ccc(C)cc2)cc1. The molecule has 0 saturated heterocycles. The third-order valence-electron chi connectivity index (χ3n) is 7.78. The van der Waals surface area contributed by atoms with Crippen LogP contribution in [0.3, 0.4) is 0 Å². The van der Waals surface area contributed by atoms with Gasteiger partial charge in [-0.15, -0.1) is 0 Å². The molecule has 0 aliphatic heterocycles. The van der Waals surface area contributed by atoms with Crippen molar-refractivity contribution in [1.82, 2.24) is 4.31 Å². The number of hydrogen-bond donors (Lipinski definition) is 2. The lowest BCUT2D eigenvalue weighted by Gasteiger charge is -2.23. The van der Waals surface area contributed by atoms with Crippen LogP contribution in [0.15, 0.2) is 136 Å². The molecular weight excluding hydrogens is 711 g/mol. The number of ether oxygens (including phenoxy) is 2. The molecule has 0 fully saturated rings. The van der Waals surface area contributed by atoms with Crippen molar-refractivity contribution in [2.45, 2.75) is 35.5 Å². The van der Waals surface area contributed by atoms with Gasteiger partial charge in [0, 0.05) is 13.1 Å². The first kappa shape index (κ1) is 37.4. The molecule has 51 heavy (non-hydrogen) atoms. The van der Waals surface area contributed by atoms with Gasteiger partial charge >= 0.3 is 0 Å². The number of nitrogens with zero attached hydrogens (tertiary/aromatic N) is 1. The van der Waals surface area contributed by atoms with Crippen LogP contribution < -0.4 is 18.9 Å². The van der Waals surface area contributed by atoms with Gasteiger partial charge in [0.15, 0.2) is 0 Å². The van der Waals surface area contributed by atoms with Crippen LogP contribution in [0.5, 0.6) is 11.5 Å². The van der Waals surface area contributed by atoms with E-state index in [1.165, 1.54) is 40.7 Å². The summed E-state index contributed by atoms with van der Waals surface area (Å²) in [7, 11) is -11.9. The normalized spacial score (nSPS) is 12.0. The standard InChI is InChI=1S/C37H39N3O8S3/c1-28-12-18-31(19-13-28)49(41,42)38-34-8-4-6-10-36(34)47-26-24-40(51(45,46)33-22-16-30(3)17-23-33)25-27-48-37-11-7-5-9-35(37)39-50(43,44)32-20-14-29(2)15-21-32/h4-23,38-39H,24-27H2,1-3H3. The summed E-state index contributed by atoms with van der Waals surface area (Å²) in [6.45, 7) is 5.10. The van der Waals surface area contributed by atoms with E-state index in [9.17, 15) is 25.3 Å². The zero-order chi connectivity index (χ0) is 36.6. The van der Waals surface area contributed by atoms with Gasteiger partial charge in [0.05, 0.1) is 26.1 Å². The van der Waals surface area contributed by atoms with Crippen molar-refractivity contribution in [1.29, 1.82) is 0 Å². The van der Waals surface area contributed by atoms with Crippen molar-refractivity contribution in [3.63, 3.8) is 0 Å². The third-order valence-corrected chi connectivity index (χ3v) is 12.5. The minimum atomic E-state index is -4.03. The van der Waals surface area contributed by atoms with E-state index in [0.717, 1.165) is 16.7 Å². The van der Waals surface area contributed by atoms with E-state index in [4.69, 9.17) is 9.47 Å². The molecular formula is C37H39N3O8S3. The van der Waals surface area contributed by atoms with Crippen LogP contribution in [-0.2, 0) is 30.1 Å².